The molecule has 25 heavy (non-hydrogen) atoms. The van der Waals surface area contributed by atoms with E-state index in [1.165, 1.54) is 16.3 Å². The van der Waals surface area contributed by atoms with Gasteiger partial charge in [0.15, 0.2) is 0 Å². The van der Waals surface area contributed by atoms with Crippen molar-refractivity contribution in [1.82, 2.24) is 0 Å². The molecular formula is C23H28OSi. The summed E-state index contributed by atoms with van der Waals surface area (Å²) in [6, 6.07) is 22.4. The van der Waals surface area contributed by atoms with E-state index in [9.17, 15) is 4.79 Å². The molecule has 0 spiro atoms. The number of ketones is 1. The second-order valence-electron chi connectivity index (χ2n) is 8.09. The number of carbonyl (C=O) groups excluding carboxylic acids is 1. The smallest absolute Gasteiger partial charge is 0.136 e. The second-order valence-corrected chi connectivity index (χ2v) is 12.8. The fraction of sp³-hybridized carbons (Fsp3) is 0.348. The first-order valence-corrected chi connectivity index (χ1v) is 12.5. The van der Waals surface area contributed by atoms with Crippen LogP contribution in [0.15, 0.2) is 72.8 Å². The first-order chi connectivity index (χ1) is 12.0. The number of rotatable bonds is 6. The zero-order chi connectivity index (χ0) is 17.9. The summed E-state index contributed by atoms with van der Waals surface area (Å²) < 4.78 is 0. The normalized spacial score (nSPS) is 20.6. The van der Waals surface area contributed by atoms with Crippen LogP contribution >= 0.6 is 0 Å². The number of hydrogen-bond donors (Lipinski definition) is 0. The molecule has 3 rings (SSSR count). The largest absolute Gasteiger partial charge is 0.299 e. The monoisotopic (exact) mass is 348 g/mol. The van der Waals surface area contributed by atoms with Crippen LogP contribution in [0, 0.1) is 5.92 Å². The molecule has 0 unspecified atom stereocenters. The van der Waals surface area contributed by atoms with Crippen LogP contribution < -0.4 is 5.19 Å². The van der Waals surface area contributed by atoms with E-state index >= 15 is 0 Å². The van der Waals surface area contributed by atoms with Crippen LogP contribution in [0.5, 0.6) is 0 Å². The maximum atomic E-state index is 12.5. The van der Waals surface area contributed by atoms with Crippen LogP contribution in [0.4, 0.5) is 0 Å². The SMILES string of the molecule is C=C(C[C@@H]1C[C@@H](c2ccccc2)CC1=O)C[Si](C)(C)c1ccccc1. The van der Waals surface area contributed by atoms with E-state index in [2.05, 4.69) is 74.3 Å². The first-order valence-electron chi connectivity index (χ1n) is 9.25. The minimum atomic E-state index is -1.53. The summed E-state index contributed by atoms with van der Waals surface area (Å²) >= 11 is 0. The van der Waals surface area contributed by atoms with Gasteiger partial charge in [0.05, 0.1) is 8.07 Å². The Balaban J connectivity index is 1.61. The highest BCUT2D eigenvalue weighted by atomic mass is 28.3. The third-order valence-electron chi connectivity index (χ3n) is 5.53. The van der Waals surface area contributed by atoms with Crippen molar-refractivity contribution in [3.05, 3.63) is 78.4 Å². The highest BCUT2D eigenvalue weighted by molar-refractivity contribution is 6.90. The average Bonchev–Trinajstić information content (AvgIpc) is 2.96. The molecule has 0 saturated heterocycles. The molecule has 0 bridgehead atoms. The summed E-state index contributed by atoms with van der Waals surface area (Å²) in [5.41, 5.74) is 2.57. The number of hydrogen-bond acceptors (Lipinski definition) is 1. The first kappa shape index (κ1) is 17.9. The van der Waals surface area contributed by atoms with Gasteiger partial charge in [-0.25, -0.2) is 0 Å². The van der Waals surface area contributed by atoms with Crippen molar-refractivity contribution in [2.45, 2.75) is 44.3 Å². The topological polar surface area (TPSA) is 17.1 Å². The van der Waals surface area contributed by atoms with Gasteiger partial charge in [-0.2, -0.15) is 0 Å². The molecular weight excluding hydrogens is 320 g/mol. The standard InChI is InChI=1S/C23H28OSi/c1-18(17-25(2,3)22-12-8-5-9-13-22)14-21-15-20(16-23(21)24)19-10-6-4-7-11-19/h4-13,20-21H,1,14-17H2,2-3H3/t20-,21-/m1/s1. The molecule has 1 nitrogen and oxygen atoms in total. The number of allylic oxidation sites excluding steroid dienone is 1. The van der Waals surface area contributed by atoms with Crippen molar-refractivity contribution in [2.75, 3.05) is 0 Å². The van der Waals surface area contributed by atoms with Gasteiger partial charge in [-0.1, -0.05) is 84.5 Å². The van der Waals surface area contributed by atoms with Gasteiger partial charge >= 0.3 is 0 Å². The Kier molecular flexibility index (Phi) is 5.38. The maximum Gasteiger partial charge on any atom is 0.136 e. The molecule has 2 aromatic carbocycles. The van der Waals surface area contributed by atoms with Gasteiger partial charge < -0.3 is 0 Å². The highest BCUT2D eigenvalue weighted by Gasteiger charge is 2.34. The van der Waals surface area contributed by atoms with E-state index in [1.807, 2.05) is 6.07 Å². The molecule has 1 aliphatic carbocycles. The lowest BCUT2D eigenvalue weighted by atomic mass is 9.94. The molecule has 1 fully saturated rings. The van der Waals surface area contributed by atoms with Gasteiger partial charge in [-0.15, -0.1) is 6.58 Å². The van der Waals surface area contributed by atoms with Gasteiger partial charge in [0.1, 0.15) is 5.78 Å². The highest BCUT2D eigenvalue weighted by Crippen LogP contribution is 2.39. The Morgan fingerprint density at radius 1 is 1.04 bits per heavy atom. The molecule has 2 atom stereocenters. The predicted octanol–water partition coefficient (Wildman–Crippen LogP) is 5.31. The molecule has 0 N–H and O–H groups in total. The summed E-state index contributed by atoms with van der Waals surface area (Å²) in [6.45, 7) is 9.14. The van der Waals surface area contributed by atoms with E-state index in [4.69, 9.17) is 0 Å². The summed E-state index contributed by atoms with van der Waals surface area (Å²) in [7, 11) is -1.53. The summed E-state index contributed by atoms with van der Waals surface area (Å²) in [5.74, 6) is 0.985. The van der Waals surface area contributed by atoms with Gasteiger partial charge in [0.2, 0.25) is 0 Å². The lowest BCUT2D eigenvalue weighted by molar-refractivity contribution is -0.120. The lowest BCUT2D eigenvalue weighted by Gasteiger charge is -2.25. The molecule has 0 aromatic heterocycles. The fourth-order valence-corrected chi connectivity index (χ4v) is 6.87. The van der Waals surface area contributed by atoms with Crippen LogP contribution in [0.2, 0.25) is 19.1 Å². The molecule has 2 heteroatoms. The third kappa shape index (κ3) is 4.38. The zero-order valence-electron chi connectivity index (χ0n) is 15.4. The molecule has 1 saturated carbocycles. The molecule has 1 aliphatic rings. The third-order valence-corrected chi connectivity index (χ3v) is 8.81. The van der Waals surface area contributed by atoms with E-state index in [-0.39, 0.29) is 5.92 Å². The summed E-state index contributed by atoms with van der Waals surface area (Å²) in [6.07, 6.45) is 2.54. The summed E-state index contributed by atoms with van der Waals surface area (Å²) in [5, 5.41) is 1.47. The van der Waals surface area contributed by atoms with Crippen molar-refractivity contribution in [1.29, 1.82) is 0 Å². The van der Waals surface area contributed by atoms with Crippen molar-refractivity contribution in [3.8, 4) is 0 Å². The van der Waals surface area contributed by atoms with Crippen LogP contribution in [-0.2, 0) is 4.79 Å². The van der Waals surface area contributed by atoms with E-state index in [0.29, 0.717) is 18.1 Å². The lowest BCUT2D eigenvalue weighted by Crippen LogP contribution is -2.41. The second kappa shape index (κ2) is 7.53. The zero-order valence-corrected chi connectivity index (χ0v) is 16.4. The molecule has 0 heterocycles. The van der Waals surface area contributed by atoms with Crippen LogP contribution in [0.1, 0.15) is 30.7 Å². The fourth-order valence-electron chi connectivity index (χ4n) is 4.18. The molecule has 0 amide bonds. The van der Waals surface area contributed by atoms with Crippen molar-refractivity contribution < 1.29 is 4.79 Å². The van der Waals surface area contributed by atoms with Crippen molar-refractivity contribution in [2.24, 2.45) is 5.92 Å². The van der Waals surface area contributed by atoms with Crippen LogP contribution in [0.25, 0.3) is 0 Å². The predicted molar refractivity (Wildman–Crippen MR) is 109 cm³/mol. The van der Waals surface area contributed by atoms with Crippen molar-refractivity contribution >= 4 is 19.0 Å². The molecule has 0 radical (unpaired) electrons. The summed E-state index contributed by atoms with van der Waals surface area (Å²) in [4.78, 5) is 12.5. The van der Waals surface area contributed by atoms with Gasteiger partial charge in [-0.05, 0) is 30.4 Å². The Morgan fingerprint density at radius 3 is 2.28 bits per heavy atom. The molecule has 0 aliphatic heterocycles. The molecule has 130 valence electrons. The number of benzene rings is 2. The number of Topliss-reactive ketones (excluding diaryl/α,β-unsaturated/α-hetero) is 1. The minimum absolute atomic E-state index is 0.165. The van der Waals surface area contributed by atoms with Gasteiger partial charge in [-0.3, -0.25) is 4.79 Å². The Morgan fingerprint density at radius 2 is 1.64 bits per heavy atom. The van der Waals surface area contributed by atoms with E-state index < -0.39 is 8.07 Å². The van der Waals surface area contributed by atoms with Crippen molar-refractivity contribution in [3.63, 3.8) is 0 Å². The maximum absolute atomic E-state index is 12.5. The Hall–Kier alpha value is -1.93. The van der Waals surface area contributed by atoms with Crippen LogP contribution in [-0.4, -0.2) is 13.9 Å². The average molecular weight is 349 g/mol. The van der Waals surface area contributed by atoms with E-state index in [0.717, 1.165) is 18.9 Å². The van der Waals surface area contributed by atoms with Gasteiger partial charge in [0, 0.05) is 12.3 Å². The molecule has 2 aromatic rings. The Bertz CT molecular complexity index is 733. The quantitative estimate of drug-likeness (QED) is 0.510. The minimum Gasteiger partial charge on any atom is -0.299 e. The van der Waals surface area contributed by atoms with Gasteiger partial charge in [0.25, 0.3) is 0 Å². The Labute approximate surface area is 152 Å². The van der Waals surface area contributed by atoms with E-state index in [1.54, 1.807) is 0 Å². The van der Waals surface area contributed by atoms with Crippen LogP contribution in [0.3, 0.4) is 0 Å². The number of carbonyl (C=O) groups is 1.